The maximum atomic E-state index is 13.8. The second kappa shape index (κ2) is 9.14. The van der Waals surface area contributed by atoms with Crippen LogP contribution in [0.15, 0.2) is 48.8 Å². The van der Waals surface area contributed by atoms with Crippen LogP contribution in [0.25, 0.3) is 22.3 Å². The predicted molar refractivity (Wildman–Crippen MR) is 124 cm³/mol. The average molecular weight is 463 g/mol. The van der Waals surface area contributed by atoms with E-state index in [9.17, 15) is 13.6 Å². The van der Waals surface area contributed by atoms with Gasteiger partial charge in [0.2, 0.25) is 0 Å². The first-order valence-corrected chi connectivity index (χ1v) is 11.0. The second-order valence-corrected chi connectivity index (χ2v) is 8.23. The number of fused-ring (bicyclic) bond motifs is 1. The molecule has 174 valence electrons. The molecule has 0 spiro atoms. The first-order valence-electron chi connectivity index (χ1n) is 11.0. The second-order valence-electron chi connectivity index (χ2n) is 8.23. The van der Waals surface area contributed by atoms with E-state index in [1.54, 1.807) is 0 Å². The Morgan fingerprint density at radius 1 is 1.18 bits per heavy atom. The molecule has 0 aliphatic carbocycles. The average Bonchev–Trinajstić information content (AvgIpc) is 3.26. The highest BCUT2D eigenvalue weighted by atomic mass is 19.2. The highest BCUT2D eigenvalue weighted by Crippen LogP contribution is 2.33. The van der Waals surface area contributed by atoms with Crippen LogP contribution in [0.2, 0.25) is 0 Å². The molecule has 1 atom stereocenters. The molecule has 10 heteroatoms. The molecule has 1 amide bonds. The van der Waals surface area contributed by atoms with E-state index in [2.05, 4.69) is 20.6 Å². The van der Waals surface area contributed by atoms with Crippen LogP contribution < -0.4 is 16.4 Å². The normalized spacial score (nSPS) is 16.0. The third-order valence-electron chi connectivity index (χ3n) is 6.01. The summed E-state index contributed by atoms with van der Waals surface area (Å²) in [6, 6.07) is 11.1. The molecule has 0 saturated carbocycles. The molecule has 4 N–H and O–H groups in total. The van der Waals surface area contributed by atoms with Gasteiger partial charge in [0.25, 0.3) is 5.91 Å². The molecular weight excluding hydrogens is 440 g/mol. The summed E-state index contributed by atoms with van der Waals surface area (Å²) in [5, 5.41) is 11.6. The van der Waals surface area contributed by atoms with E-state index in [1.807, 2.05) is 28.9 Å². The molecule has 0 bridgehead atoms. The van der Waals surface area contributed by atoms with Crippen LogP contribution in [-0.4, -0.2) is 38.7 Å². The minimum Gasteiger partial charge on any atom is -0.383 e. The van der Waals surface area contributed by atoms with Gasteiger partial charge in [-0.15, -0.1) is 0 Å². The van der Waals surface area contributed by atoms with Gasteiger partial charge in [0.1, 0.15) is 17.8 Å². The van der Waals surface area contributed by atoms with Gasteiger partial charge < -0.3 is 16.4 Å². The van der Waals surface area contributed by atoms with E-state index in [4.69, 9.17) is 10.8 Å². The zero-order chi connectivity index (χ0) is 23.7. The van der Waals surface area contributed by atoms with Crippen LogP contribution in [0.4, 0.5) is 14.6 Å². The van der Waals surface area contributed by atoms with Gasteiger partial charge in [-0.2, -0.15) is 5.10 Å². The van der Waals surface area contributed by atoms with Crippen LogP contribution in [-0.2, 0) is 6.54 Å². The van der Waals surface area contributed by atoms with Gasteiger partial charge in [-0.05, 0) is 37.1 Å². The largest absolute Gasteiger partial charge is 0.383 e. The summed E-state index contributed by atoms with van der Waals surface area (Å²) in [6.45, 7) is 1.96. The van der Waals surface area contributed by atoms with Gasteiger partial charge >= 0.3 is 0 Å². The van der Waals surface area contributed by atoms with Gasteiger partial charge in [-0.3, -0.25) is 4.79 Å². The van der Waals surface area contributed by atoms with Crippen LogP contribution in [0.3, 0.4) is 0 Å². The molecule has 4 aromatic rings. The smallest absolute Gasteiger partial charge is 0.254 e. The van der Waals surface area contributed by atoms with Gasteiger partial charge in [-0.1, -0.05) is 30.3 Å². The fourth-order valence-electron chi connectivity index (χ4n) is 4.23. The zero-order valence-electron chi connectivity index (χ0n) is 18.3. The van der Waals surface area contributed by atoms with Gasteiger partial charge in [0.15, 0.2) is 17.3 Å². The Bertz CT molecular complexity index is 1350. The Balaban J connectivity index is 1.38. The molecule has 2 aromatic carbocycles. The summed E-state index contributed by atoms with van der Waals surface area (Å²) >= 11 is 0. The molecule has 1 fully saturated rings. The lowest BCUT2D eigenvalue weighted by Crippen LogP contribution is -2.32. The number of nitrogens with two attached hydrogens (primary N) is 1. The number of halogens is 2. The van der Waals surface area contributed by atoms with E-state index < -0.39 is 17.5 Å². The topological polar surface area (TPSA) is 111 Å². The van der Waals surface area contributed by atoms with Crippen LogP contribution >= 0.6 is 0 Å². The number of carbonyl (C=O) groups is 1. The van der Waals surface area contributed by atoms with Crippen molar-refractivity contribution in [3.8, 4) is 11.3 Å². The number of carbonyl (C=O) groups excluding carboxylic acids is 1. The molecule has 5 rings (SSSR count). The minimum atomic E-state index is -1.16. The summed E-state index contributed by atoms with van der Waals surface area (Å²) in [5.41, 5.74) is 8.88. The molecule has 0 unspecified atom stereocenters. The number of hydrogen-bond donors (Lipinski definition) is 3. The SMILES string of the molecule is Nc1ncnc2c1c(-c1ccc(CNC(=O)c3cccc(F)c3F)cc1)nn2[C@@H]1CCCNC1. The predicted octanol–water partition coefficient (Wildman–Crippen LogP) is 3.21. The standard InChI is InChI=1S/C24H23F2N7O/c25-18-5-1-4-17(20(18)26)24(34)29-11-14-6-8-15(9-7-14)21-19-22(27)30-13-31-23(19)33(32-21)16-3-2-10-28-12-16/h1,4-9,13,16,28H,2-3,10-12H2,(H,29,34)(H2,27,30,31)/t16-/m1/s1. The highest BCUT2D eigenvalue weighted by molar-refractivity contribution is 5.98. The van der Waals surface area contributed by atoms with Crippen molar-refractivity contribution in [3.63, 3.8) is 0 Å². The van der Waals surface area contributed by atoms with E-state index >= 15 is 0 Å². The lowest BCUT2D eigenvalue weighted by atomic mass is 10.1. The number of amides is 1. The fourth-order valence-corrected chi connectivity index (χ4v) is 4.23. The lowest BCUT2D eigenvalue weighted by Gasteiger charge is -2.23. The number of nitrogens with one attached hydrogen (secondary N) is 2. The molecule has 0 radical (unpaired) electrons. The number of rotatable bonds is 5. The molecule has 34 heavy (non-hydrogen) atoms. The monoisotopic (exact) mass is 463 g/mol. The van der Waals surface area contributed by atoms with Crippen molar-refractivity contribution in [2.24, 2.45) is 0 Å². The van der Waals surface area contributed by atoms with E-state index in [0.717, 1.165) is 43.1 Å². The summed E-state index contributed by atoms with van der Waals surface area (Å²) in [6.07, 6.45) is 3.50. The van der Waals surface area contributed by atoms with Gasteiger partial charge in [0.05, 0.1) is 17.0 Å². The van der Waals surface area contributed by atoms with Crippen molar-refractivity contribution < 1.29 is 13.6 Å². The van der Waals surface area contributed by atoms with Crippen LogP contribution in [0, 0.1) is 11.6 Å². The van der Waals surface area contributed by atoms with E-state index in [0.29, 0.717) is 22.5 Å². The number of benzene rings is 2. The van der Waals surface area contributed by atoms with Crippen molar-refractivity contribution in [1.29, 1.82) is 0 Å². The van der Waals surface area contributed by atoms with Gasteiger partial charge in [-0.25, -0.2) is 23.4 Å². The first kappa shape index (κ1) is 21.9. The number of nitrogen functional groups attached to an aromatic ring is 1. The minimum absolute atomic E-state index is 0.156. The van der Waals surface area contributed by atoms with E-state index in [1.165, 1.54) is 18.5 Å². The third kappa shape index (κ3) is 4.08. The summed E-state index contributed by atoms with van der Waals surface area (Å²) < 4.78 is 29.2. The number of nitrogens with zero attached hydrogens (tertiary/aromatic N) is 4. The lowest BCUT2D eigenvalue weighted by molar-refractivity contribution is 0.0946. The molecule has 2 aromatic heterocycles. The summed E-state index contributed by atoms with van der Waals surface area (Å²) in [7, 11) is 0. The Hall–Kier alpha value is -3.92. The highest BCUT2D eigenvalue weighted by Gasteiger charge is 2.23. The maximum Gasteiger partial charge on any atom is 0.254 e. The van der Waals surface area contributed by atoms with Gasteiger partial charge in [0, 0.05) is 18.7 Å². The molecule has 8 nitrogen and oxygen atoms in total. The Kier molecular flexibility index (Phi) is 5.89. The molecule has 3 heterocycles. The molecule has 1 aliphatic heterocycles. The van der Waals surface area contributed by atoms with Crippen molar-refractivity contribution in [2.45, 2.75) is 25.4 Å². The van der Waals surface area contributed by atoms with Crippen molar-refractivity contribution in [2.75, 3.05) is 18.8 Å². The molecule has 1 saturated heterocycles. The number of hydrogen-bond acceptors (Lipinski definition) is 6. The third-order valence-corrected chi connectivity index (χ3v) is 6.01. The summed E-state index contributed by atoms with van der Waals surface area (Å²) in [5.74, 6) is -2.54. The van der Waals surface area contributed by atoms with Crippen LogP contribution in [0.5, 0.6) is 0 Å². The van der Waals surface area contributed by atoms with Crippen LogP contribution in [0.1, 0.15) is 34.8 Å². The molecular formula is C24H23F2N7O. The van der Waals surface area contributed by atoms with E-state index in [-0.39, 0.29) is 18.2 Å². The zero-order valence-corrected chi connectivity index (χ0v) is 18.3. The number of aromatic nitrogens is 4. The fraction of sp³-hybridized carbons (Fsp3) is 0.250. The quantitative estimate of drug-likeness (QED) is 0.419. The molecule has 1 aliphatic rings. The van der Waals surface area contributed by atoms with Crippen molar-refractivity contribution >= 4 is 22.8 Å². The first-order chi connectivity index (χ1) is 16.5. The Morgan fingerprint density at radius 3 is 2.76 bits per heavy atom. The Morgan fingerprint density at radius 2 is 2.00 bits per heavy atom. The maximum absolute atomic E-state index is 13.8. The van der Waals surface area contributed by atoms with Crippen molar-refractivity contribution in [3.05, 3.63) is 71.6 Å². The number of piperidine rings is 1. The van der Waals surface area contributed by atoms with Crippen molar-refractivity contribution in [1.82, 2.24) is 30.4 Å². The number of anilines is 1. The summed E-state index contributed by atoms with van der Waals surface area (Å²) in [4.78, 5) is 20.9. The Labute approximate surface area is 194 Å².